The Morgan fingerprint density at radius 3 is 2.71 bits per heavy atom. The van der Waals surface area contributed by atoms with E-state index >= 15 is 0 Å². The third-order valence-corrected chi connectivity index (χ3v) is 1.93. The lowest BCUT2D eigenvalue weighted by Crippen LogP contribution is -2.05. The van der Waals surface area contributed by atoms with Crippen LogP contribution in [0.15, 0.2) is 18.2 Å². The van der Waals surface area contributed by atoms with Crippen molar-refractivity contribution < 1.29 is 4.74 Å². The molecule has 0 heterocycles. The van der Waals surface area contributed by atoms with Crippen molar-refractivity contribution in [2.75, 3.05) is 6.61 Å². The van der Waals surface area contributed by atoms with Crippen molar-refractivity contribution in [3.8, 4) is 18.1 Å². The highest BCUT2D eigenvalue weighted by atomic mass is 16.5. The number of aryl methyl sites for hydroxylation is 1. The second-order valence-electron chi connectivity index (χ2n) is 3.83. The van der Waals surface area contributed by atoms with Gasteiger partial charge in [0.15, 0.2) is 0 Å². The summed E-state index contributed by atoms with van der Waals surface area (Å²) in [6.45, 7) is 7.01. The van der Waals surface area contributed by atoms with E-state index in [1.54, 1.807) is 0 Å². The zero-order valence-corrected chi connectivity index (χ0v) is 9.00. The summed E-state index contributed by atoms with van der Waals surface area (Å²) < 4.78 is 5.65. The van der Waals surface area contributed by atoms with Crippen LogP contribution >= 0.6 is 0 Å². The average molecular weight is 188 g/mol. The Morgan fingerprint density at radius 1 is 1.43 bits per heavy atom. The van der Waals surface area contributed by atoms with E-state index in [4.69, 9.17) is 11.2 Å². The standard InChI is InChI=1S/C13H16O/c1-5-12-7-6-11(4)13(8-12)14-9-10(2)3/h1,6-8,10H,9H2,2-4H3. The first-order valence-electron chi connectivity index (χ1n) is 4.83. The summed E-state index contributed by atoms with van der Waals surface area (Å²) in [5, 5.41) is 0. The third kappa shape index (κ3) is 2.81. The minimum Gasteiger partial charge on any atom is -0.493 e. The van der Waals surface area contributed by atoms with Crippen LogP contribution < -0.4 is 4.74 Å². The first-order chi connectivity index (χ1) is 6.63. The molecule has 0 saturated carbocycles. The molecule has 1 aromatic rings. The predicted molar refractivity (Wildman–Crippen MR) is 59.4 cm³/mol. The van der Waals surface area contributed by atoms with Crippen LogP contribution in [0.3, 0.4) is 0 Å². The summed E-state index contributed by atoms with van der Waals surface area (Å²) in [5.41, 5.74) is 2.00. The Labute approximate surface area is 86.1 Å². The first-order valence-corrected chi connectivity index (χ1v) is 4.83. The zero-order chi connectivity index (χ0) is 10.6. The van der Waals surface area contributed by atoms with Crippen molar-refractivity contribution in [3.05, 3.63) is 29.3 Å². The van der Waals surface area contributed by atoms with Gasteiger partial charge in [0.2, 0.25) is 0 Å². The minimum atomic E-state index is 0.531. The van der Waals surface area contributed by atoms with Crippen LogP contribution in [0.25, 0.3) is 0 Å². The molecule has 0 saturated heterocycles. The van der Waals surface area contributed by atoms with Crippen LogP contribution in [0, 0.1) is 25.2 Å². The van der Waals surface area contributed by atoms with E-state index in [9.17, 15) is 0 Å². The molecule has 0 N–H and O–H groups in total. The Kier molecular flexibility index (Phi) is 3.59. The summed E-state index contributed by atoms with van der Waals surface area (Å²) in [4.78, 5) is 0. The zero-order valence-electron chi connectivity index (χ0n) is 9.00. The molecule has 14 heavy (non-hydrogen) atoms. The highest BCUT2D eigenvalue weighted by molar-refractivity contribution is 5.43. The predicted octanol–water partition coefficient (Wildman–Crippen LogP) is 3.01. The molecule has 1 nitrogen and oxygen atoms in total. The quantitative estimate of drug-likeness (QED) is 0.662. The van der Waals surface area contributed by atoms with Crippen molar-refractivity contribution in [3.63, 3.8) is 0 Å². The van der Waals surface area contributed by atoms with Crippen molar-refractivity contribution in [1.82, 2.24) is 0 Å². The molecular formula is C13H16O. The van der Waals surface area contributed by atoms with Crippen LogP contribution in [0.2, 0.25) is 0 Å². The van der Waals surface area contributed by atoms with Crippen molar-refractivity contribution in [2.45, 2.75) is 20.8 Å². The molecule has 0 unspecified atom stereocenters. The lowest BCUT2D eigenvalue weighted by Gasteiger charge is -2.11. The molecular weight excluding hydrogens is 172 g/mol. The molecule has 0 aliphatic heterocycles. The highest BCUT2D eigenvalue weighted by Crippen LogP contribution is 2.19. The molecule has 0 aliphatic carbocycles. The minimum absolute atomic E-state index is 0.531. The van der Waals surface area contributed by atoms with E-state index < -0.39 is 0 Å². The largest absolute Gasteiger partial charge is 0.493 e. The highest BCUT2D eigenvalue weighted by Gasteiger charge is 2.01. The summed E-state index contributed by atoms with van der Waals surface area (Å²) in [5.74, 6) is 4.03. The molecule has 0 atom stereocenters. The van der Waals surface area contributed by atoms with Gasteiger partial charge in [-0.1, -0.05) is 25.8 Å². The van der Waals surface area contributed by atoms with Gasteiger partial charge in [-0.2, -0.15) is 0 Å². The van der Waals surface area contributed by atoms with Crippen LogP contribution in [0.4, 0.5) is 0 Å². The van der Waals surface area contributed by atoms with Gasteiger partial charge in [0.25, 0.3) is 0 Å². The van der Waals surface area contributed by atoms with Gasteiger partial charge in [0.05, 0.1) is 6.61 Å². The second-order valence-corrected chi connectivity index (χ2v) is 3.83. The SMILES string of the molecule is C#Cc1ccc(C)c(OCC(C)C)c1. The van der Waals surface area contributed by atoms with Gasteiger partial charge in [-0.3, -0.25) is 0 Å². The maximum atomic E-state index is 5.65. The maximum absolute atomic E-state index is 5.65. The second kappa shape index (κ2) is 4.72. The van der Waals surface area contributed by atoms with E-state index in [-0.39, 0.29) is 0 Å². The topological polar surface area (TPSA) is 9.23 Å². The van der Waals surface area contributed by atoms with Gasteiger partial charge in [0.1, 0.15) is 5.75 Å². The Balaban J connectivity index is 2.80. The van der Waals surface area contributed by atoms with Gasteiger partial charge in [-0.15, -0.1) is 6.42 Å². The Morgan fingerprint density at radius 2 is 2.14 bits per heavy atom. The number of rotatable bonds is 3. The smallest absolute Gasteiger partial charge is 0.123 e. The third-order valence-electron chi connectivity index (χ3n) is 1.93. The number of hydrogen-bond donors (Lipinski definition) is 0. The van der Waals surface area contributed by atoms with Gasteiger partial charge in [-0.25, -0.2) is 0 Å². The fourth-order valence-electron chi connectivity index (χ4n) is 1.10. The molecule has 1 aromatic carbocycles. The summed E-state index contributed by atoms with van der Waals surface area (Å²) in [6.07, 6.45) is 5.32. The van der Waals surface area contributed by atoms with Crippen LogP contribution in [0.5, 0.6) is 5.75 Å². The number of terminal acetylenes is 1. The van der Waals surface area contributed by atoms with Gasteiger partial charge in [0, 0.05) is 5.56 Å². The van der Waals surface area contributed by atoms with E-state index in [0.717, 1.165) is 23.5 Å². The van der Waals surface area contributed by atoms with Crippen molar-refractivity contribution >= 4 is 0 Å². The maximum Gasteiger partial charge on any atom is 0.123 e. The van der Waals surface area contributed by atoms with Crippen LogP contribution in [-0.4, -0.2) is 6.61 Å². The van der Waals surface area contributed by atoms with E-state index in [1.165, 1.54) is 0 Å². The summed E-state index contributed by atoms with van der Waals surface area (Å²) in [7, 11) is 0. The van der Waals surface area contributed by atoms with Crippen molar-refractivity contribution in [2.24, 2.45) is 5.92 Å². The van der Waals surface area contributed by atoms with Crippen molar-refractivity contribution in [1.29, 1.82) is 0 Å². The molecule has 0 bridgehead atoms. The average Bonchev–Trinajstić information content (AvgIpc) is 2.16. The number of hydrogen-bond acceptors (Lipinski definition) is 1. The number of ether oxygens (including phenoxy) is 1. The molecule has 0 spiro atoms. The van der Waals surface area contributed by atoms with Crippen LogP contribution in [0.1, 0.15) is 25.0 Å². The van der Waals surface area contributed by atoms with E-state index in [0.29, 0.717) is 5.92 Å². The fourth-order valence-corrected chi connectivity index (χ4v) is 1.10. The van der Waals surface area contributed by atoms with Gasteiger partial charge >= 0.3 is 0 Å². The Hall–Kier alpha value is -1.42. The summed E-state index contributed by atoms with van der Waals surface area (Å²) in [6, 6.07) is 5.83. The monoisotopic (exact) mass is 188 g/mol. The molecule has 0 aliphatic rings. The van der Waals surface area contributed by atoms with Gasteiger partial charge < -0.3 is 4.74 Å². The molecule has 0 amide bonds. The molecule has 1 heteroatoms. The molecule has 74 valence electrons. The van der Waals surface area contributed by atoms with Gasteiger partial charge in [-0.05, 0) is 30.5 Å². The summed E-state index contributed by atoms with van der Waals surface area (Å²) >= 11 is 0. The normalized spacial score (nSPS) is 9.93. The molecule has 0 radical (unpaired) electrons. The Bertz CT molecular complexity index is 345. The molecule has 1 rings (SSSR count). The number of benzene rings is 1. The van der Waals surface area contributed by atoms with E-state index in [1.807, 2.05) is 25.1 Å². The van der Waals surface area contributed by atoms with E-state index in [2.05, 4.69) is 19.8 Å². The molecule has 0 aromatic heterocycles. The molecule has 0 fully saturated rings. The van der Waals surface area contributed by atoms with Crippen LogP contribution in [-0.2, 0) is 0 Å². The lowest BCUT2D eigenvalue weighted by molar-refractivity contribution is 0.269. The first kappa shape index (κ1) is 10.7. The lowest BCUT2D eigenvalue weighted by atomic mass is 10.1. The fraction of sp³-hybridized carbons (Fsp3) is 0.385.